The van der Waals surface area contributed by atoms with Crippen molar-refractivity contribution in [3.63, 3.8) is 0 Å². The van der Waals surface area contributed by atoms with Crippen LogP contribution in [0.2, 0.25) is 0 Å². The smallest absolute Gasteiger partial charge is 0.309 e. The highest BCUT2D eigenvalue weighted by Gasteiger charge is 2.58. The molecule has 0 spiro atoms. The van der Waals surface area contributed by atoms with Crippen molar-refractivity contribution in [1.82, 2.24) is 0 Å². The molecule has 0 aromatic heterocycles. The van der Waals surface area contributed by atoms with E-state index < -0.39 is 28.7 Å². The van der Waals surface area contributed by atoms with Gasteiger partial charge in [-0.05, 0) is 38.0 Å². The Bertz CT molecular complexity index is 477. The van der Waals surface area contributed by atoms with Crippen LogP contribution in [0.5, 0.6) is 0 Å². The maximum atomic E-state index is 11.1. The molecule has 2 saturated carbocycles. The first kappa shape index (κ1) is 18.3. The number of ketones is 2. The molecule has 6 nitrogen and oxygen atoms in total. The first-order valence-corrected chi connectivity index (χ1v) is 7.56. The molecule has 0 bridgehead atoms. The predicted molar refractivity (Wildman–Crippen MR) is 78.4 cm³/mol. The molecule has 0 saturated heterocycles. The fourth-order valence-corrected chi connectivity index (χ4v) is 3.17. The first-order valence-electron chi connectivity index (χ1n) is 7.56. The Morgan fingerprint density at radius 3 is 1.68 bits per heavy atom. The van der Waals surface area contributed by atoms with E-state index in [0.717, 1.165) is 12.8 Å². The Labute approximate surface area is 129 Å². The summed E-state index contributed by atoms with van der Waals surface area (Å²) in [6, 6.07) is 0. The van der Waals surface area contributed by atoms with E-state index in [-0.39, 0.29) is 11.6 Å². The van der Waals surface area contributed by atoms with Crippen LogP contribution in [0.3, 0.4) is 0 Å². The molecule has 2 N–H and O–H groups in total. The summed E-state index contributed by atoms with van der Waals surface area (Å²) in [4.78, 5) is 42.9. The van der Waals surface area contributed by atoms with E-state index in [9.17, 15) is 19.2 Å². The fraction of sp³-hybridized carbons (Fsp3) is 0.750. The van der Waals surface area contributed by atoms with Crippen LogP contribution in [-0.4, -0.2) is 33.7 Å². The molecule has 22 heavy (non-hydrogen) atoms. The van der Waals surface area contributed by atoms with Crippen LogP contribution in [0.1, 0.15) is 59.3 Å². The van der Waals surface area contributed by atoms with Crippen LogP contribution in [0.4, 0.5) is 0 Å². The quantitative estimate of drug-likeness (QED) is 0.757. The Morgan fingerprint density at radius 1 is 1.00 bits per heavy atom. The Morgan fingerprint density at radius 2 is 1.45 bits per heavy atom. The number of Topliss-reactive ketones (excluding diaryl/α,β-unsaturated/α-hetero) is 2. The molecule has 0 aromatic rings. The van der Waals surface area contributed by atoms with Crippen LogP contribution < -0.4 is 0 Å². The molecule has 2 aliphatic rings. The van der Waals surface area contributed by atoms with Gasteiger partial charge in [0.1, 0.15) is 0 Å². The van der Waals surface area contributed by atoms with E-state index in [1.54, 1.807) is 20.8 Å². The zero-order valence-electron chi connectivity index (χ0n) is 13.3. The normalized spacial score (nSPS) is 30.4. The molecule has 2 fully saturated rings. The van der Waals surface area contributed by atoms with Crippen LogP contribution >= 0.6 is 0 Å². The summed E-state index contributed by atoms with van der Waals surface area (Å²) in [5, 5.41) is 18.1. The largest absolute Gasteiger partial charge is 0.481 e. The van der Waals surface area contributed by atoms with E-state index in [4.69, 9.17) is 10.2 Å². The van der Waals surface area contributed by atoms with Crippen molar-refractivity contribution in [2.75, 3.05) is 0 Å². The van der Waals surface area contributed by atoms with Crippen LogP contribution in [-0.2, 0) is 19.2 Å². The van der Waals surface area contributed by atoms with Gasteiger partial charge < -0.3 is 10.2 Å². The first-order chi connectivity index (χ1) is 10.0. The molecule has 0 radical (unpaired) electrons. The highest BCUT2D eigenvalue weighted by molar-refractivity contribution is 6.37. The summed E-state index contributed by atoms with van der Waals surface area (Å²) >= 11 is 0. The van der Waals surface area contributed by atoms with Crippen LogP contribution in [0.15, 0.2) is 0 Å². The number of carbonyl (C=O) groups excluding carboxylic acids is 2. The Hall–Kier alpha value is -1.72. The van der Waals surface area contributed by atoms with Gasteiger partial charge in [-0.3, -0.25) is 19.2 Å². The minimum atomic E-state index is -0.921. The molecule has 124 valence electrons. The zero-order chi connectivity index (χ0) is 17.1. The lowest BCUT2D eigenvalue weighted by Gasteiger charge is -2.36. The van der Waals surface area contributed by atoms with Gasteiger partial charge in [-0.25, -0.2) is 0 Å². The molecule has 2 aliphatic carbocycles. The van der Waals surface area contributed by atoms with Gasteiger partial charge >= 0.3 is 11.9 Å². The third kappa shape index (κ3) is 3.36. The molecule has 2 unspecified atom stereocenters. The molecule has 0 aliphatic heterocycles. The van der Waals surface area contributed by atoms with Crippen LogP contribution in [0.25, 0.3) is 0 Å². The lowest BCUT2D eigenvalue weighted by molar-refractivity contribution is -0.157. The lowest BCUT2D eigenvalue weighted by atomic mass is 9.66. The number of rotatable bonds is 2. The Kier molecular flexibility index (Phi) is 5.49. The van der Waals surface area contributed by atoms with Crippen molar-refractivity contribution in [2.45, 2.75) is 59.3 Å². The number of hydrogen-bond donors (Lipinski definition) is 2. The third-order valence-corrected chi connectivity index (χ3v) is 5.37. The minimum Gasteiger partial charge on any atom is -0.481 e. The standard InChI is InChI=1S/C10H16O4.C6H8O2/c1-9(2)6(7(11)12)4-5-10(9,3)8(13)14;7-5-3-1-2-4-6(5)8/h6H,4-5H2,1-3H3,(H,11,12)(H,13,14);1-4H2. The maximum absolute atomic E-state index is 11.1. The van der Waals surface area contributed by atoms with Crippen molar-refractivity contribution < 1.29 is 29.4 Å². The van der Waals surface area contributed by atoms with E-state index >= 15 is 0 Å². The van der Waals surface area contributed by atoms with Crippen LogP contribution in [0, 0.1) is 16.7 Å². The van der Waals surface area contributed by atoms with Gasteiger partial charge in [0.2, 0.25) is 0 Å². The summed E-state index contributed by atoms with van der Waals surface area (Å²) in [5.74, 6) is -2.68. The van der Waals surface area contributed by atoms with Crippen molar-refractivity contribution in [2.24, 2.45) is 16.7 Å². The second kappa shape index (κ2) is 6.58. The number of carboxylic acids is 2. The number of carboxylic acid groups (broad SMARTS) is 2. The average Bonchev–Trinajstić information content (AvgIpc) is 2.66. The maximum Gasteiger partial charge on any atom is 0.309 e. The van der Waals surface area contributed by atoms with E-state index in [0.29, 0.717) is 25.7 Å². The zero-order valence-corrected chi connectivity index (χ0v) is 13.3. The molecule has 2 rings (SSSR count). The van der Waals surface area contributed by atoms with Crippen molar-refractivity contribution in [3.05, 3.63) is 0 Å². The van der Waals surface area contributed by atoms with Gasteiger partial charge in [0, 0.05) is 12.8 Å². The monoisotopic (exact) mass is 312 g/mol. The summed E-state index contributed by atoms with van der Waals surface area (Å²) in [7, 11) is 0. The summed E-state index contributed by atoms with van der Waals surface area (Å²) in [5.41, 5.74) is -1.61. The fourth-order valence-electron chi connectivity index (χ4n) is 3.17. The summed E-state index contributed by atoms with van der Waals surface area (Å²) in [6.07, 6.45) is 3.67. The second-order valence-corrected chi connectivity index (χ2v) is 6.84. The van der Waals surface area contributed by atoms with Gasteiger partial charge in [0.15, 0.2) is 11.6 Å². The number of hydrogen-bond acceptors (Lipinski definition) is 4. The number of aliphatic carboxylic acids is 2. The molecule has 6 heteroatoms. The van der Waals surface area contributed by atoms with Gasteiger partial charge in [-0.2, -0.15) is 0 Å². The minimum absolute atomic E-state index is 0.170. The average molecular weight is 312 g/mol. The molecular formula is C16H24O6. The highest BCUT2D eigenvalue weighted by atomic mass is 16.4. The Balaban J connectivity index is 0.000000255. The van der Waals surface area contributed by atoms with E-state index in [2.05, 4.69) is 0 Å². The predicted octanol–water partition coefficient (Wildman–Crippen LogP) is 2.30. The van der Waals surface area contributed by atoms with E-state index in [1.165, 1.54) is 0 Å². The topological polar surface area (TPSA) is 109 Å². The van der Waals surface area contributed by atoms with Crippen molar-refractivity contribution in [1.29, 1.82) is 0 Å². The highest BCUT2D eigenvalue weighted by Crippen LogP contribution is 2.56. The molecule has 0 heterocycles. The summed E-state index contributed by atoms with van der Waals surface area (Å²) in [6.45, 7) is 5.10. The van der Waals surface area contributed by atoms with Gasteiger partial charge in [0.05, 0.1) is 11.3 Å². The molecular weight excluding hydrogens is 288 g/mol. The SMILES string of the molecule is CC1(C(=O)O)CCC(C(=O)O)C1(C)C.O=C1CCCCC1=O. The van der Waals surface area contributed by atoms with Crippen molar-refractivity contribution >= 4 is 23.5 Å². The van der Waals surface area contributed by atoms with Gasteiger partial charge in [-0.1, -0.05) is 13.8 Å². The third-order valence-electron chi connectivity index (χ3n) is 5.37. The molecule has 0 aromatic carbocycles. The summed E-state index contributed by atoms with van der Waals surface area (Å²) < 4.78 is 0. The van der Waals surface area contributed by atoms with E-state index in [1.807, 2.05) is 0 Å². The molecule has 0 amide bonds. The number of carbonyl (C=O) groups is 4. The molecule has 2 atom stereocenters. The lowest BCUT2D eigenvalue weighted by Crippen LogP contribution is -2.42. The van der Waals surface area contributed by atoms with Gasteiger partial charge in [0.25, 0.3) is 0 Å². The van der Waals surface area contributed by atoms with Crippen molar-refractivity contribution in [3.8, 4) is 0 Å². The van der Waals surface area contributed by atoms with Gasteiger partial charge in [-0.15, -0.1) is 0 Å². The second-order valence-electron chi connectivity index (χ2n) is 6.84.